The maximum Gasteiger partial charge on any atom is 0.230 e. The molecule has 2 heterocycles. The Morgan fingerprint density at radius 2 is 1.67 bits per heavy atom. The lowest BCUT2D eigenvalue weighted by Gasteiger charge is -2.12. The molecule has 0 aliphatic rings. The zero-order chi connectivity index (χ0) is 18.6. The lowest BCUT2D eigenvalue weighted by Crippen LogP contribution is -1.97. The second-order valence-electron chi connectivity index (χ2n) is 6.56. The molecule has 1 unspecified atom stereocenters. The van der Waals surface area contributed by atoms with E-state index in [0.29, 0.717) is 17.6 Å². The number of para-hydroxylation sites is 1. The van der Waals surface area contributed by atoms with Gasteiger partial charge in [-0.3, -0.25) is 4.98 Å². The van der Waals surface area contributed by atoms with E-state index in [9.17, 15) is 0 Å². The van der Waals surface area contributed by atoms with Gasteiger partial charge in [0, 0.05) is 6.20 Å². The van der Waals surface area contributed by atoms with E-state index >= 15 is 0 Å². The van der Waals surface area contributed by atoms with Crippen molar-refractivity contribution >= 4 is 10.9 Å². The Morgan fingerprint density at radius 1 is 0.889 bits per heavy atom. The van der Waals surface area contributed by atoms with Gasteiger partial charge in [-0.05, 0) is 54.3 Å². The van der Waals surface area contributed by atoms with Gasteiger partial charge in [0.05, 0.1) is 10.9 Å². The number of aromatic nitrogens is 3. The maximum atomic E-state index is 6.14. The van der Waals surface area contributed by atoms with Gasteiger partial charge in [0.1, 0.15) is 11.4 Å². The first kappa shape index (κ1) is 17.2. The van der Waals surface area contributed by atoms with Gasteiger partial charge in [-0.1, -0.05) is 44.2 Å². The van der Waals surface area contributed by atoms with Crippen molar-refractivity contribution in [3.63, 3.8) is 0 Å². The molecule has 0 fully saturated rings. The van der Waals surface area contributed by atoms with Crippen LogP contribution in [0.3, 0.4) is 0 Å². The summed E-state index contributed by atoms with van der Waals surface area (Å²) in [4.78, 5) is 13.7. The second kappa shape index (κ2) is 7.54. The van der Waals surface area contributed by atoms with Crippen LogP contribution in [0, 0.1) is 0 Å². The number of ether oxygens (including phenoxy) is 1. The molecule has 0 spiro atoms. The van der Waals surface area contributed by atoms with Crippen LogP contribution in [0.2, 0.25) is 0 Å². The van der Waals surface area contributed by atoms with E-state index in [0.717, 1.165) is 28.8 Å². The second-order valence-corrected chi connectivity index (χ2v) is 6.56. The van der Waals surface area contributed by atoms with Crippen LogP contribution >= 0.6 is 0 Å². The highest BCUT2D eigenvalue weighted by Gasteiger charge is 2.12. The van der Waals surface area contributed by atoms with Crippen LogP contribution in [0.25, 0.3) is 22.4 Å². The zero-order valence-electron chi connectivity index (χ0n) is 15.5. The molecule has 0 bridgehead atoms. The average Bonchev–Trinajstić information content (AvgIpc) is 2.74. The Balaban J connectivity index is 1.74. The maximum absolute atomic E-state index is 6.14. The molecule has 2 aromatic heterocycles. The Hall–Kier alpha value is -3.27. The summed E-state index contributed by atoms with van der Waals surface area (Å²) in [6.07, 6.45) is 2.85. The van der Waals surface area contributed by atoms with E-state index in [1.165, 1.54) is 5.56 Å². The van der Waals surface area contributed by atoms with E-state index in [4.69, 9.17) is 4.74 Å². The summed E-state index contributed by atoms with van der Waals surface area (Å²) in [5, 5.41) is 0.878. The van der Waals surface area contributed by atoms with E-state index < -0.39 is 0 Å². The van der Waals surface area contributed by atoms with Gasteiger partial charge >= 0.3 is 0 Å². The molecule has 0 radical (unpaired) electrons. The predicted octanol–water partition coefficient (Wildman–Crippen LogP) is 6.00. The minimum atomic E-state index is 0.537. The molecule has 0 N–H and O–H groups in total. The molecule has 4 heteroatoms. The Kier molecular flexibility index (Phi) is 4.79. The number of rotatable bonds is 5. The first-order chi connectivity index (χ1) is 13.2. The standard InChI is InChI=1S/C23H21N3O/c1-3-16(2)17-11-13-18(14-12-17)27-23-19-8-4-5-9-20(19)25-22(26-23)21-10-6-7-15-24-21/h4-16H,3H2,1-2H3. The quantitative estimate of drug-likeness (QED) is 0.441. The highest BCUT2D eigenvalue weighted by Crippen LogP contribution is 2.30. The van der Waals surface area contributed by atoms with Crippen LogP contribution in [-0.4, -0.2) is 15.0 Å². The monoisotopic (exact) mass is 355 g/mol. The van der Waals surface area contributed by atoms with Gasteiger partial charge in [-0.2, -0.15) is 4.98 Å². The summed E-state index contributed by atoms with van der Waals surface area (Å²) < 4.78 is 6.14. The van der Waals surface area contributed by atoms with Crippen molar-refractivity contribution < 1.29 is 4.74 Å². The van der Waals surface area contributed by atoms with E-state index in [1.807, 2.05) is 54.6 Å². The number of nitrogens with zero attached hydrogens (tertiary/aromatic N) is 3. The van der Waals surface area contributed by atoms with Crippen molar-refractivity contribution in [1.29, 1.82) is 0 Å². The summed E-state index contributed by atoms with van der Waals surface area (Å²) >= 11 is 0. The Labute approximate surface area is 158 Å². The van der Waals surface area contributed by atoms with Crippen LogP contribution in [0.15, 0.2) is 72.9 Å². The fourth-order valence-corrected chi connectivity index (χ4v) is 2.95. The molecule has 4 nitrogen and oxygen atoms in total. The molecule has 0 amide bonds. The molecule has 134 valence electrons. The van der Waals surface area contributed by atoms with Crippen molar-refractivity contribution in [3.8, 4) is 23.1 Å². The van der Waals surface area contributed by atoms with Crippen molar-refractivity contribution in [2.24, 2.45) is 0 Å². The topological polar surface area (TPSA) is 47.9 Å². The molecular formula is C23H21N3O. The molecule has 0 saturated heterocycles. The molecule has 0 aliphatic carbocycles. The summed E-state index contributed by atoms with van der Waals surface area (Å²) in [7, 11) is 0. The highest BCUT2D eigenvalue weighted by atomic mass is 16.5. The third-order valence-corrected chi connectivity index (χ3v) is 4.74. The van der Waals surface area contributed by atoms with Crippen LogP contribution in [0.5, 0.6) is 11.6 Å². The first-order valence-corrected chi connectivity index (χ1v) is 9.20. The largest absolute Gasteiger partial charge is 0.438 e. The van der Waals surface area contributed by atoms with Crippen molar-refractivity contribution in [2.75, 3.05) is 0 Å². The Bertz CT molecular complexity index is 1050. The number of benzene rings is 2. The van der Waals surface area contributed by atoms with Crippen LogP contribution in [-0.2, 0) is 0 Å². The Morgan fingerprint density at radius 3 is 2.41 bits per heavy atom. The molecule has 4 aromatic rings. The lowest BCUT2D eigenvalue weighted by atomic mass is 9.99. The number of fused-ring (bicyclic) bond motifs is 1. The van der Waals surface area contributed by atoms with E-state index in [2.05, 4.69) is 40.9 Å². The van der Waals surface area contributed by atoms with E-state index in [-0.39, 0.29) is 0 Å². The number of hydrogen-bond donors (Lipinski definition) is 0. The molecule has 1 atom stereocenters. The van der Waals surface area contributed by atoms with Gasteiger partial charge in [-0.15, -0.1) is 0 Å². The fraction of sp³-hybridized carbons (Fsp3) is 0.174. The third-order valence-electron chi connectivity index (χ3n) is 4.74. The molecular weight excluding hydrogens is 334 g/mol. The van der Waals surface area contributed by atoms with Crippen molar-refractivity contribution in [3.05, 3.63) is 78.5 Å². The van der Waals surface area contributed by atoms with Gasteiger partial charge in [0.2, 0.25) is 5.88 Å². The highest BCUT2D eigenvalue weighted by molar-refractivity contribution is 5.85. The summed E-state index contributed by atoms with van der Waals surface area (Å²) in [5.41, 5.74) is 2.87. The van der Waals surface area contributed by atoms with Crippen LogP contribution in [0.4, 0.5) is 0 Å². The van der Waals surface area contributed by atoms with Gasteiger partial charge in [0.25, 0.3) is 0 Å². The normalized spacial score (nSPS) is 12.1. The lowest BCUT2D eigenvalue weighted by molar-refractivity contribution is 0.468. The van der Waals surface area contributed by atoms with E-state index in [1.54, 1.807) is 6.20 Å². The molecule has 27 heavy (non-hydrogen) atoms. The molecule has 4 rings (SSSR count). The molecule has 0 saturated carbocycles. The summed E-state index contributed by atoms with van der Waals surface area (Å²) in [6, 6.07) is 21.8. The van der Waals surface area contributed by atoms with Gasteiger partial charge < -0.3 is 4.74 Å². The van der Waals surface area contributed by atoms with Crippen LogP contribution < -0.4 is 4.74 Å². The smallest absolute Gasteiger partial charge is 0.230 e. The van der Waals surface area contributed by atoms with Crippen LogP contribution in [0.1, 0.15) is 31.7 Å². The predicted molar refractivity (Wildman–Crippen MR) is 108 cm³/mol. The third kappa shape index (κ3) is 3.65. The molecule has 2 aromatic carbocycles. The fourth-order valence-electron chi connectivity index (χ4n) is 2.95. The minimum absolute atomic E-state index is 0.537. The number of pyridine rings is 1. The summed E-state index contributed by atoms with van der Waals surface area (Å²) in [6.45, 7) is 4.42. The first-order valence-electron chi connectivity index (χ1n) is 9.20. The van der Waals surface area contributed by atoms with Crippen molar-refractivity contribution in [1.82, 2.24) is 15.0 Å². The zero-order valence-corrected chi connectivity index (χ0v) is 15.5. The number of hydrogen-bond acceptors (Lipinski definition) is 4. The summed E-state index contributed by atoms with van der Waals surface area (Å²) in [5.74, 6) is 2.39. The SMILES string of the molecule is CCC(C)c1ccc(Oc2nc(-c3ccccn3)nc3ccccc23)cc1. The average molecular weight is 355 g/mol. The van der Waals surface area contributed by atoms with Gasteiger partial charge in [0.15, 0.2) is 5.82 Å². The van der Waals surface area contributed by atoms with Crippen molar-refractivity contribution in [2.45, 2.75) is 26.2 Å². The molecule has 0 aliphatic heterocycles. The van der Waals surface area contributed by atoms with Gasteiger partial charge in [-0.25, -0.2) is 4.98 Å². The minimum Gasteiger partial charge on any atom is -0.438 e.